The summed E-state index contributed by atoms with van der Waals surface area (Å²) in [6, 6.07) is 8.08. The fourth-order valence-electron chi connectivity index (χ4n) is 4.04. The molecule has 0 spiro atoms. The number of hydrogen-bond donors (Lipinski definition) is 1. The van der Waals surface area contributed by atoms with E-state index in [2.05, 4.69) is 31.0 Å². The van der Waals surface area contributed by atoms with Crippen molar-refractivity contribution >= 4 is 11.6 Å². The Morgan fingerprint density at radius 2 is 1.95 bits per heavy atom. The average molecular weight is 293 g/mol. The zero-order valence-electron chi connectivity index (χ0n) is 12.5. The molecule has 2 bridgehead atoms. The van der Waals surface area contributed by atoms with Crippen LogP contribution in [-0.2, 0) is 6.42 Å². The van der Waals surface area contributed by atoms with Gasteiger partial charge in [-0.15, -0.1) is 0 Å². The lowest BCUT2D eigenvalue weighted by atomic mass is 9.83. The molecule has 0 radical (unpaired) electrons. The van der Waals surface area contributed by atoms with Crippen LogP contribution in [-0.4, -0.2) is 30.1 Å². The van der Waals surface area contributed by atoms with Crippen molar-refractivity contribution in [3.63, 3.8) is 0 Å². The second kappa shape index (κ2) is 5.67. The summed E-state index contributed by atoms with van der Waals surface area (Å²) in [5.41, 5.74) is 8.93. The van der Waals surface area contributed by atoms with Crippen LogP contribution in [0.5, 0.6) is 0 Å². The first-order valence-corrected chi connectivity index (χ1v) is 8.15. The van der Waals surface area contributed by atoms with Crippen LogP contribution in [0.2, 0.25) is 5.02 Å². The molecular formula is C17H25ClN2. The quantitative estimate of drug-likeness (QED) is 0.925. The van der Waals surface area contributed by atoms with Crippen LogP contribution in [0.15, 0.2) is 18.2 Å². The predicted octanol–water partition coefficient (Wildman–Crippen LogP) is 3.39. The number of aryl methyl sites for hydroxylation is 1. The number of nitrogens with zero attached hydrogens (tertiary/aromatic N) is 1. The van der Waals surface area contributed by atoms with Crippen LogP contribution in [0.4, 0.5) is 0 Å². The van der Waals surface area contributed by atoms with Crippen molar-refractivity contribution in [1.82, 2.24) is 4.90 Å². The summed E-state index contributed by atoms with van der Waals surface area (Å²) >= 11 is 6.34. The Bertz CT molecular complexity index is 474. The van der Waals surface area contributed by atoms with E-state index in [0.717, 1.165) is 23.5 Å². The smallest absolute Gasteiger partial charge is 0.0441 e. The molecule has 2 N–H and O–H groups in total. The highest BCUT2D eigenvalue weighted by Gasteiger charge is 2.40. The van der Waals surface area contributed by atoms with Gasteiger partial charge in [0.2, 0.25) is 0 Å². The third-order valence-electron chi connectivity index (χ3n) is 5.40. The molecule has 0 saturated carbocycles. The van der Waals surface area contributed by atoms with Crippen LogP contribution in [0.3, 0.4) is 0 Å². The SMILES string of the molecule is Cc1ccc(CC(N)C2CC3CCC(C2)N3C)c(Cl)c1. The molecule has 3 heteroatoms. The standard InChI is InChI=1S/C17H25ClN2/c1-11-3-4-12(16(18)7-11)10-17(19)13-8-14-5-6-15(9-13)20(14)2/h3-4,7,13-15,17H,5-6,8-10,19H2,1-2H3. The van der Waals surface area contributed by atoms with E-state index >= 15 is 0 Å². The van der Waals surface area contributed by atoms with Gasteiger partial charge in [0.1, 0.15) is 0 Å². The number of nitrogens with two attached hydrogens (primary N) is 1. The van der Waals surface area contributed by atoms with E-state index in [-0.39, 0.29) is 6.04 Å². The fraction of sp³-hybridized carbons (Fsp3) is 0.647. The van der Waals surface area contributed by atoms with Crippen LogP contribution < -0.4 is 5.73 Å². The van der Waals surface area contributed by atoms with Crippen LogP contribution >= 0.6 is 11.6 Å². The molecule has 0 amide bonds. The van der Waals surface area contributed by atoms with Crippen molar-refractivity contribution < 1.29 is 0 Å². The van der Waals surface area contributed by atoms with Gasteiger partial charge in [-0.2, -0.15) is 0 Å². The molecule has 110 valence electrons. The molecule has 3 atom stereocenters. The molecule has 2 aliphatic heterocycles. The van der Waals surface area contributed by atoms with Gasteiger partial charge in [-0.05, 0) is 69.2 Å². The second-order valence-electron chi connectivity index (χ2n) is 6.74. The maximum absolute atomic E-state index is 6.51. The predicted molar refractivity (Wildman–Crippen MR) is 85.2 cm³/mol. The van der Waals surface area contributed by atoms with Gasteiger partial charge in [0.05, 0.1) is 0 Å². The number of halogens is 1. The highest BCUT2D eigenvalue weighted by Crippen LogP contribution is 2.39. The summed E-state index contributed by atoms with van der Waals surface area (Å²) < 4.78 is 0. The Kier molecular flexibility index (Phi) is 4.07. The minimum Gasteiger partial charge on any atom is -0.327 e. The molecule has 2 saturated heterocycles. The normalized spacial score (nSPS) is 31.5. The first-order chi connectivity index (χ1) is 9.54. The molecule has 2 heterocycles. The number of fused-ring (bicyclic) bond motifs is 2. The largest absolute Gasteiger partial charge is 0.327 e. The first kappa shape index (κ1) is 14.4. The van der Waals surface area contributed by atoms with E-state index in [1.165, 1.54) is 36.8 Å². The summed E-state index contributed by atoms with van der Waals surface area (Å²) in [4.78, 5) is 2.57. The molecule has 0 aromatic heterocycles. The van der Waals surface area contributed by atoms with Crippen LogP contribution in [0.1, 0.15) is 36.8 Å². The van der Waals surface area contributed by atoms with Gasteiger partial charge < -0.3 is 10.6 Å². The average Bonchev–Trinajstić information content (AvgIpc) is 2.64. The monoisotopic (exact) mass is 292 g/mol. The summed E-state index contributed by atoms with van der Waals surface area (Å²) in [7, 11) is 2.28. The van der Waals surface area contributed by atoms with Crippen molar-refractivity contribution in [2.75, 3.05) is 7.05 Å². The third-order valence-corrected chi connectivity index (χ3v) is 5.76. The highest BCUT2D eigenvalue weighted by atomic mass is 35.5. The van der Waals surface area contributed by atoms with E-state index in [1.807, 2.05) is 6.07 Å². The molecule has 3 unspecified atom stereocenters. The molecule has 2 aliphatic rings. The lowest BCUT2D eigenvalue weighted by molar-refractivity contribution is 0.120. The fourth-order valence-corrected chi connectivity index (χ4v) is 4.35. The molecular weight excluding hydrogens is 268 g/mol. The summed E-state index contributed by atoms with van der Waals surface area (Å²) in [5, 5.41) is 0.872. The Morgan fingerprint density at radius 3 is 2.55 bits per heavy atom. The van der Waals surface area contributed by atoms with Crippen molar-refractivity contribution in [2.45, 2.75) is 57.2 Å². The third kappa shape index (κ3) is 2.74. The van der Waals surface area contributed by atoms with Gasteiger partial charge in [0.25, 0.3) is 0 Å². The van der Waals surface area contributed by atoms with Gasteiger partial charge in [-0.25, -0.2) is 0 Å². The second-order valence-corrected chi connectivity index (χ2v) is 7.15. The molecule has 2 nitrogen and oxygen atoms in total. The van der Waals surface area contributed by atoms with Crippen molar-refractivity contribution in [2.24, 2.45) is 11.7 Å². The van der Waals surface area contributed by atoms with Crippen LogP contribution in [0.25, 0.3) is 0 Å². The van der Waals surface area contributed by atoms with E-state index in [0.29, 0.717) is 5.92 Å². The van der Waals surface area contributed by atoms with Gasteiger partial charge in [0.15, 0.2) is 0 Å². The van der Waals surface area contributed by atoms with Gasteiger partial charge in [-0.1, -0.05) is 23.7 Å². The zero-order chi connectivity index (χ0) is 14.3. The molecule has 20 heavy (non-hydrogen) atoms. The zero-order valence-corrected chi connectivity index (χ0v) is 13.2. The van der Waals surface area contributed by atoms with E-state index in [1.54, 1.807) is 0 Å². The lowest BCUT2D eigenvalue weighted by Crippen LogP contribution is -2.46. The summed E-state index contributed by atoms with van der Waals surface area (Å²) in [5.74, 6) is 0.654. The first-order valence-electron chi connectivity index (χ1n) is 7.77. The topological polar surface area (TPSA) is 29.3 Å². The Balaban J connectivity index is 1.66. The number of hydrogen-bond acceptors (Lipinski definition) is 2. The maximum atomic E-state index is 6.51. The minimum atomic E-state index is 0.243. The Labute approximate surface area is 127 Å². The van der Waals surface area contributed by atoms with E-state index in [9.17, 15) is 0 Å². The maximum Gasteiger partial charge on any atom is 0.0441 e. The van der Waals surface area contributed by atoms with Crippen molar-refractivity contribution in [3.05, 3.63) is 34.3 Å². The molecule has 2 fully saturated rings. The van der Waals surface area contributed by atoms with Crippen molar-refractivity contribution in [1.29, 1.82) is 0 Å². The summed E-state index contributed by atoms with van der Waals surface area (Å²) in [6.07, 6.45) is 6.15. The van der Waals surface area contributed by atoms with Crippen molar-refractivity contribution in [3.8, 4) is 0 Å². The molecule has 1 aromatic carbocycles. The number of rotatable bonds is 3. The summed E-state index contributed by atoms with van der Waals surface area (Å²) in [6.45, 7) is 2.07. The van der Waals surface area contributed by atoms with Gasteiger partial charge in [0, 0.05) is 23.1 Å². The van der Waals surface area contributed by atoms with E-state index in [4.69, 9.17) is 17.3 Å². The lowest BCUT2D eigenvalue weighted by Gasteiger charge is -2.38. The Hall–Kier alpha value is -0.570. The molecule has 3 rings (SSSR count). The van der Waals surface area contributed by atoms with Crippen LogP contribution in [0, 0.1) is 12.8 Å². The number of benzene rings is 1. The number of piperidine rings is 1. The Morgan fingerprint density at radius 1 is 1.30 bits per heavy atom. The minimum absolute atomic E-state index is 0.243. The van der Waals surface area contributed by atoms with E-state index < -0.39 is 0 Å². The molecule has 0 aliphatic carbocycles. The molecule has 1 aromatic rings. The van der Waals surface area contributed by atoms with Gasteiger partial charge in [-0.3, -0.25) is 0 Å². The van der Waals surface area contributed by atoms with Gasteiger partial charge >= 0.3 is 0 Å². The highest BCUT2D eigenvalue weighted by molar-refractivity contribution is 6.31.